The molecule has 8 heteroatoms. The molecule has 2 aromatic rings. The number of hydrogen-bond donors (Lipinski definition) is 1. The maximum atomic E-state index is 13.6. The van der Waals surface area contributed by atoms with Crippen LogP contribution in [0.3, 0.4) is 0 Å². The monoisotopic (exact) mass is 480 g/mol. The second-order valence-corrected chi connectivity index (χ2v) is 9.52. The predicted octanol–water partition coefficient (Wildman–Crippen LogP) is 4.01. The summed E-state index contributed by atoms with van der Waals surface area (Å²) in [6, 6.07) is 11.2. The predicted molar refractivity (Wildman–Crippen MR) is 134 cm³/mol. The van der Waals surface area contributed by atoms with Crippen LogP contribution in [-0.2, 0) is 4.79 Å². The Hall–Kier alpha value is -3.42. The highest BCUT2D eigenvalue weighted by Crippen LogP contribution is 2.28. The number of amides is 3. The molecule has 0 bridgehead atoms. The molecular weight excluding hydrogens is 447 g/mol. The van der Waals surface area contributed by atoms with E-state index >= 15 is 0 Å². The van der Waals surface area contributed by atoms with Crippen LogP contribution in [0.25, 0.3) is 0 Å². The van der Waals surface area contributed by atoms with Crippen molar-refractivity contribution in [2.45, 2.75) is 33.1 Å². The fraction of sp³-hybridized carbons (Fsp3) is 0.444. The summed E-state index contributed by atoms with van der Waals surface area (Å²) in [5.41, 5.74) is 2.32. The first-order valence-corrected chi connectivity index (χ1v) is 12.4. The molecule has 3 amide bonds. The van der Waals surface area contributed by atoms with E-state index in [9.17, 15) is 18.8 Å². The number of anilines is 2. The van der Waals surface area contributed by atoms with Gasteiger partial charge >= 0.3 is 0 Å². The van der Waals surface area contributed by atoms with Gasteiger partial charge in [0.15, 0.2) is 0 Å². The number of hydrogen-bond acceptors (Lipinski definition) is 4. The summed E-state index contributed by atoms with van der Waals surface area (Å²) < 4.78 is 13.6. The minimum atomic E-state index is -0.431. The lowest BCUT2D eigenvalue weighted by molar-refractivity contribution is -0.118. The van der Waals surface area contributed by atoms with E-state index in [0.29, 0.717) is 43.0 Å². The minimum absolute atomic E-state index is 0.0291. The number of halogens is 1. The number of rotatable bonds is 5. The number of piperidine rings is 1. The molecule has 2 heterocycles. The highest BCUT2D eigenvalue weighted by Gasteiger charge is 2.27. The molecule has 0 radical (unpaired) electrons. The molecule has 1 N–H and O–H groups in total. The van der Waals surface area contributed by atoms with Crippen LogP contribution < -0.4 is 10.2 Å². The highest BCUT2D eigenvalue weighted by atomic mass is 19.1. The van der Waals surface area contributed by atoms with Crippen LogP contribution in [0.2, 0.25) is 0 Å². The molecule has 0 spiro atoms. The van der Waals surface area contributed by atoms with Gasteiger partial charge in [0.05, 0.1) is 5.56 Å². The Morgan fingerprint density at radius 3 is 2.17 bits per heavy atom. The van der Waals surface area contributed by atoms with Crippen molar-refractivity contribution < 1.29 is 18.8 Å². The van der Waals surface area contributed by atoms with E-state index in [4.69, 9.17) is 0 Å². The molecule has 0 aromatic heterocycles. The standard InChI is InChI=1S/C27H33FN4O3/c1-19(2)25(33)29-22-9-10-24(23(18-22)27(35)31-11-4-3-5-12-31)30-13-15-32(16-14-30)26(34)20-7-6-8-21(28)17-20/h6-10,17-19H,3-5,11-16H2,1-2H3,(H,29,33). The fourth-order valence-corrected chi connectivity index (χ4v) is 4.57. The molecule has 2 saturated heterocycles. The number of nitrogens with zero attached hydrogens (tertiary/aromatic N) is 3. The number of benzene rings is 2. The molecule has 2 aliphatic rings. The zero-order chi connectivity index (χ0) is 24.9. The minimum Gasteiger partial charge on any atom is -0.367 e. The van der Waals surface area contributed by atoms with Gasteiger partial charge in [0.25, 0.3) is 11.8 Å². The zero-order valence-corrected chi connectivity index (χ0v) is 20.4. The molecular formula is C27H33FN4O3. The Morgan fingerprint density at radius 1 is 0.829 bits per heavy atom. The first-order chi connectivity index (χ1) is 16.8. The first-order valence-electron chi connectivity index (χ1n) is 12.4. The Bertz CT molecular complexity index is 1090. The van der Waals surface area contributed by atoms with E-state index in [1.54, 1.807) is 17.0 Å². The third-order valence-electron chi connectivity index (χ3n) is 6.64. The normalized spacial score (nSPS) is 16.4. The lowest BCUT2D eigenvalue weighted by atomic mass is 10.0. The van der Waals surface area contributed by atoms with Gasteiger partial charge < -0.3 is 20.0 Å². The fourth-order valence-electron chi connectivity index (χ4n) is 4.57. The molecule has 2 aliphatic heterocycles. The topological polar surface area (TPSA) is 73.0 Å². The van der Waals surface area contributed by atoms with Crippen molar-refractivity contribution in [3.05, 3.63) is 59.4 Å². The average molecular weight is 481 g/mol. The molecule has 0 unspecified atom stereocenters. The van der Waals surface area contributed by atoms with Crippen molar-refractivity contribution in [1.29, 1.82) is 0 Å². The van der Waals surface area contributed by atoms with Crippen LogP contribution in [-0.4, -0.2) is 66.8 Å². The summed E-state index contributed by atoms with van der Waals surface area (Å²) in [6.45, 7) is 7.17. The van der Waals surface area contributed by atoms with Gasteiger partial charge in [-0.1, -0.05) is 19.9 Å². The van der Waals surface area contributed by atoms with Gasteiger partial charge in [-0.15, -0.1) is 0 Å². The SMILES string of the molecule is CC(C)C(=O)Nc1ccc(N2CCN(C(=O)c3cccc(F)c3)CC2)c(C(=O)N2CCCCC2)c1. The quantitative estimate of drug-likeness (QED) is 0.702. The van der Waals surface area contributed by atoms with Crippen molar-refractivity contribution in [3.63, 3.8) is 0 Å². The molecule has 2 fully saturated rings. The lowest BCUT2D eigenvalue weighted by Gasteiger charge is -2.37. The molecule has 0 aliphatic carbocycles. The summed E-state index contributed by atoms with van der Waals surface area (Å²) in [5, 5.41) is 2.90. The lowest BCUT2D eigenvalue weighted by Crippen LogP contribution is -2.49. The molecule has 4 rings (SSSR count). The maximum absolute atomic E-state index is 13.6. The molecule has 2 aromatic carbocycles. The second-order valence-electron chi connectivity index (χ2n) is 9.52. The smallest absolute Gasteiger partial charge is 0.256 e. The third-order valence-corrected chi connectivity index (χ3v) is 6.64. The van der Waals surface area contributed by atoms with Crippen LogP contribution in [0.5, 0.6) is 0 Å². The van der Waals surface area contributed by atoms with Crippen LogP contribution >= 0.6 is 0 Å². The maximum Gasteiger partial charge on any atom is 0.256 e. The van der Waals surface area contributed by atoms with Gasteiger partial charge in [-0.2, -0.15) is 0 Å². The second kappa shape index (κ2) is 10.9. The third kappa shape index (κ3) is 5.81. The molecule has 7 nitrogen and oxygen atoms in total. The number of carbonyl (C=O) groups excluding carboxylic acids is 3. The van der Waals surface area contributed by atoms with Gasteiger partial charge in [-0.3, -0.25) is 14.4 Å². The van der Waals surface area contributed by atoms with E-state index in [0.717, 1.165) is 38.0 Å². The van der Waals surface area contributed by atoms with Crippen molar-refractivity contribution in [2.24, 2.45) is 5.92 Å². The van der Waals surface area contributed by atoms with Crippen LogP contribution in [0.15, 0.2) is 42.5 Å². The molecule has 0 atom stereocenters. The Balaban J connectivity index is 1.53. The van der Waals surface area contributed by atoms with E-state index < -0.39 is 5.82 Å². The molecule has 186 valence electrons. The van der Waals surface area contributed by atoms with Crippen LogP contribution in [0.1, 0.15) is 53.8 Å². The summed E-state index contributed by atoms with van der Waals surface area (Å²) >= 11 is 0. The van der Waals surface area contributed by atoms with Crippen molar-refractivity contribution in [3.8, 4) is 0 Å². The summed E-state index contributed by atoms with van der Waals surface area (Å²) in [4.78, 5) is 44.3. The molecule has 35 heavy (non-hydrogen) atoms. The van der Waals surface area contributed by atoms with E-state index in [1.165, 1.54) is 18.2 Å². The summed E-state index contributed by atoms with van der Waals surface area (Å²) in [6.07, 6.45) is 3.11. The zero-order valence-electron chi connectivity index (χ0n) is 20.4. The van der Waals surface area contributed by atoms with E-state index in [-0.39, 0.29) is 23.6 Å². The average Bonchev–Trinajstić information content (AvgIpc) is 2.88. The number of likely N-dealkylation sites (tertiary alicyclic amines) is 1. The van der Waals surface area contributed by atoms with Gasteiger partial charge in [0.1, 0.15) is 5.82 Å². The summed E-state index contributed by atoms with van der Waals surface area (Å²) in [5.74, 6) is -0.919. The van der Waals surface area contributed by atoms with Crippen molar-refractivity contribution in [1.82, 2.24) is 9.80 Å². The number of carbonyl (C=O) groups is 3. The summed E-state index contributed by atoms with van der Waals surface area (Å²) in [7, 11) is 0. The molecule has 0 saturated carbocycles. The number of nitrogens with one attached hydrogen (secondary N) is 1. The Morgan fingerprint density at radius 2 is 1.51 bits per heavy atom. The van der Waals surface area contributed by atoms with Gasteiger partial charge in [0.2, 0.25) is 5.91 Å². The van der Waals surface area contributed by atoms with E-state index in [2.05, 4.69) is 10.2 Å². The van der Waals surface area contributed by atoms with Crippen molar-refractivity contribution >= 4 is 29.1 Å². The highest BCUT2D eigenvalue weighted by molar-refractivity contribution is 6.02. The number of piperazine rings is 1. The van der Waals surface area contributed by atoms with Gasteiger partial charge in [-0.05, 0) is 55.7 Å². The van der Waals surface area contributed by atoms with Crippen molar-refractivity contribution in [2.75, 3.05) is 49.5 Å². The largest absolute Gasteiger partial charge is 0.367 e. The Labute approximate surface area is 205 Å². The van der Waals surface area contributed by atoms with Crippen LogP contribution in [0.4, 0.5) is 15.8 Å². The first kappa shape index (κ1) is 24.7. The van der Waals surface area contributed by atoms with Crippen LogP contribution in [0, 0.1) is 11.7 Å². The van der Waals surface area contributed by atoms with E-state index in [1.807, 2.05) is 30.9 Å². The van der Waals surface area contributed by atoms with Gasteiger partial charge in [-0.25, -0.2) is 4.39 Å². The van der Waals surface area contributed by atoms with Gasteiger partial charge in [0, 0.05) is 62.1 Å². The Kier molecular flexibility index (Phi) is 7.68.